The van der Waals surface area contributed by atoms with E-state index in [0.29, 0.717) is 11.6 Å². The number of fused-ring (bicyclic) bond motifs is 1. The van der Waals surface area contributed by atoms with Crippen LogP contribution in [0.15, 0.2) is 48.8 Å². The van der Waals surface area contributed by atoms with Gasteiger partial charge in [-0.1, -0.05) is 11.8 Å². The number of hydrogen-bond donors (Lipinski definition) is 2. The number of hydrogen-bond acceptors (Lipinski definition) is 9. The molecular formula is C36H31F3N8O5. The van der Waals surface area contributed by atoms with Gasteiger partial charge in [0.1, 0.15) is 11.6 Å². The second-order valence-corrected chi connectivity index (χ2v) is 13.7. The van der Waals surface area contributed by atoms with E-state index < -0.39 is 58.4 Å². The first-order valence-corrected chi connectivity index (χ1v) is 16.5. The van der Waals surface area contributed by atoms with E-state index in [4.69, 9.17) is 5.26 Å². The number of amides is 5. The maximum atomic E-state index is 13.4. The standard InChI is InChI=1S/C36H31F3N8O5/c1-35(2,34(52)42-23-7-6-22(13-40)28(12-23)36(37,38)39)46-19-24(14-41-46)45-17-25(18-45)44-15-21(16-44)4-3-20-5-8-26-27(11-20)33(51)47(32(26)50)29-9-10-30(48)43-31(29)49/h5-8,11-12,14,19,21,25,29H,9-10,15-18H2,1-2H3,(H,42,52)(H,43,48,49). The Kier molecular flexibility index (Phi) is 8.38. The van der Waals surface area contributed by atoms with Crippen molar-refractivity contribution < 1.29 is 37.1 Å². The van der Waals surface area contributed by atoms with Gasteiger partial charge >= 0.3 is 6.18 Å². The topological polar surface area (TPSA) is 161 Å². The Balaban J connectivity index is 0.908. The van der Waals surface area contributed by atoms with E-state index in [1.54, 1.807) is 44.4 Å². The Bertz CT molecular complexity index is 2150. The lowest BCUT2D eigenvalue weighted by Crippen LogP contribution is -2.65. The zero-order valence-electron chi connectivity index (χ0n) is 28.0. The third-order valence-corrected chi connectivity index (χ3v) is 9.91. The lowest BCUT2D eigenvalue weighted by Gasteiger charge is -2.51. The largest absolute Gasteiger partial charge is 0.417 e. The van der Waals surface area contributed by atoms with Crippen molar-refractivity contribution in [3.8, 4) is 17.9 Å². The Hall–Kier alpha value is -6.00. The fourth-order valence-electron chi connectivity index (χ4n) is 6.66. The Morgan fingerprint density at radius 3 is 2.42 bits per heavy atom. The van der Waals surface area contributed by atoms with Gasteiger partial charge in [-0.05, 0) is 56.7 Å². The van der Waals surface area contributed by atoms with Crippen LogP contribution in [0, 0.1) is 29.1 Å². The Morgan fingerprint density at radius 2 is 1.73 bits per heavy atom. The zero-order chi connectivity index (χ0) is 37.1. The highest BCUT2D eigenvalue weighted by Gasteiger charge is 2.45. The highest BCUT2D eigenvalue weighted by atomic mass is 19.4. The van der Waals surface area contributed by atoms with Crippen LogP contribution in [0.4, 0.5) is 24.5 Å². The monoisotopic (exact) mass is 712 g/mol. The normalized spacial score (nSPS) is 19.7. The molecule has 3 saturated heterocycles. The minimum atomic E-state index is -4.75. The number of anilines is 2. The van der Waals surface area contributed by atoms with Crippen LogP contribution in [-0.4, -0.2) is 87.4 Å². The minimum Gasteiger partial charge on any atom is -0.366 e. The molecule has 4 aliphatic rings. The fraction of sp³-hybridized carbons (Fsp3) is 0.361. The van der Waals surface area contributed by atoms with Gasteiger partial charge in [-0.25, -0.2) is 0 Å². The molecular weight excluding hydrogens is 681 g/mol. The van der Waals surface area contributed by atoms with Gasteiger partial charge in [0.2, 0.25) is 11.8 Å². The second kappa shape index (κ2) is 12.6. The maximum Gasteiger partial charge on any atom is 0.417 e. The van der Waals surface area contributed by atoms with Crippen molar-refractivity contribution in [2.75, 3.05) is 36.4 Å². The number of nitrogens with one attached hydrogen (secondary N) is 2. The van der Waals surface area contributed by atoms with Crippen LogP contribution < -0.4 is 15.5 Å². The number of piperidine rings is 1. The molecule has 3 aromatic rings. The first-order chi connectivity index (χ1) is 24.6. The van der Waals surface area contributed by atoms with E-state index in [0.717, 1.165) is 48.9 Å². The maximum absolute atomic E-state index is 13.4. The molecule has 16 heteroatoms. The molecule has 1 unspecified atom stereocenters. The van der Waals surface area contributed by atoms with E-state index in [-0.39, 0.29) is 35.6 Å². The van der Waals surface area contributed by atoms with Crippen LogP contribution in [0.5, 0.6) is 0 Å². The molecule has 0 bridgehead atoms. The van der Waals surface area contributed by atoms with Crippen LogP contribution in [0.25, 0.3) is 0 Å². The molecule has 1 atom stereocenters. The quantitative estimate of drug-likeness (QED) is 0.289. The smallest absolute Gasteiger partial charge is 0.366 e. The van der Waals surface area contributed by atoms with Crippen LogP contribution in [0.3, 0.4) is 0 Å². The summed E-state index contributed by atoms with van der Waals surface area (Å²) in [6, 6.07) is 8.58. The molecule has 2 aromatic carbocycles. The summed E-state index contributed by atoms with van der Waals surface area (Å²) in [5.74, 6) is 3.65. The number of nitrogens with zero attached hydrogens (tertiary/aromatic N) is 6. The lowest BCUT2D eigenvalue weighted by molar-refractivity contribution is -0.138. The minimum absolute atomic E-state index is 0.0475. The summed E-state index contributed by atoms with van der Waals surface area (Å²) < 4.78 is 41.6. The molecule has 13 nitrogen and oxygen atoms in total. The average molecular weight is 713 g/mol. The van der Waals surface area contributed by atoms with Crippen molar-refractivity contribution in [1.29, 1.82) is 5.26 Å². The van der Waals surface area contributed by atoms with Gasteiger partial charge < -0.3 is 10.2 Å². The van der Waals surface area contributed by atoms with Gasteiger partial charge in [-0.2, -0.15) is 23.5 Å². The van der Waals surface area contributed by atoms with Crippen molar-refractivity contribution >= 4 is 40.9 Å². The van der Waals surface area contributed by atoms with Crippen LogP contribution in [0.1, 0.15) is 64.1 Å². The summed E-state index contributed by atoms with van der Waals surface area (Å²) in [5.41, 5.74) is -1.23. The predicted molar refractivity (Wildman–Crippen MR) is 177 cm³/mol. The molecule has 0 radical (unpaired) electrons. The molecule has 0 aliphatic carbocycles. The highest BCUT2D eigenvalue weighted by Crippen LogP contribution is 2.35. The van der Waals surface area contributed by atoms with Crippen molar-refractivity contribution in [1.82, 2.24) is 24.9 Å². The van der Waals surface area contributed by atoms with Crippen molar-refractivity contribution in [2.45, 2.75) is 50.5 Å². The summed E-state index contributed by atoms with van der Waals surface area (Å²) >= 11 is 0. The number of halogens is 3. The molecule has 7 rings (SSSR count). The van der Waals surface area contributed by atoms with Gasteiger partial charge in [-0.15, -0.1) is 0 Å². The van der Waals surface area contributed by atoms with Gasteiger partial charge in [0.05, 0.1) is 40.2 Å². The molecule has 5 amide bonds. The summed E-state index contributed by atoms with van der Waals surface area (Å²) in [5, 5.41) is 18.1. The lowest BCUT2D eigenvalue weighted by atomic mass is 9.94. The molecule has 2 N–H and O–H groups in total. The average Bonchev–Trinajstić information content (AvgIpc) is 3.64. The fourth-order valence-corrected chi connectivity index (χ4v) is 6.66. The van der Waals surface area contributed by atoms with Gasteiger partial charge in [0, 0.05) is 62.0 Å². The van der Waals surface area contributed by atoms with Gasteiger partial charge in [0.25, 0.3) is 17.7 Å². The van der Waals surface area contributed by atoms with Crippen LogP contribution in [-0.2, 0) is 26.1 Å². The third-order valence-electron chi connectivity index (χ3n) is 9.91. The van der Waals surface area contributed by atoms with E-state index >= 15 is 0 Å². The first kappa shape index (κ1) is 34.4. The van der Waals surface area contributed by atoms with Gasteiger partial charge in [0.15, 0.2) is 0 Å². The second-order valence-electron chi connectivity index (χ2n) is 13.7. The molecule has 52 heavy (non-hydrogen) atoms. The zero-order valence-corrected chi connectivity index (χ0v) is 28.0. The number of benzene rings is 2. The van der Waals surface area contributed by atoms with E-state index in [9.17, 15) is 37.1 Å². The van der Waals surface area contributed by atoms with E-state index in [1.165, 1.54) is 16.8 Å². The molecule has 0 saturated carbocycles. The summed E-state index contributed by atoms with van der Waals surface area (Å²) in [6.45, 7) is 6.18. The number of nitriles is 1. The summed E-state index contributed by atoms with van der Waals surface area (Å²) in [6.07, 6.45) is -1.26. The van der Waals surface area contributed by atoms with Gasteiger partial charge in [-0.3, -0.25) is 43.8 Å². The molecule has 266 valence electrons. The number of aromatic nitrogens is 2. The molecule has 5 heterocycles. The first-order valence-electron chi connectivity index (χ1n) is 16.5. The Morgan fingerprint density at radius 1 is 1.00 bits per heavy atom. The number of likely N-dealkylation sites (tertiary alicyclic amines) is 1. The highest BCUT2D eigenvalue weighted by molar-refractivity contribution is 6.23. The molecule has 4 aliphatic heterocycles. The number of imide groups is 2. The number of alkyl halides is 3. The number of rotatable bonds is 6. The predicted octanol–water partition coefficient (Wildman–Crippen LogP) is 2.72. The third kappa shape index (κ3) is 6.15. The SMILES string of the molecule is CC(C)(C(=O)Nc1ccc(C#N)c(C(F)(F)F)c1)n1cc(N2CC(N3CC(C#Cc4ccc5c(c4)C(=O)N(C4CCC(=O)NC4=O)C5=O)C3)C2)cn1. The van der Waals surface area contributed by atoms with Crippen LogP contribution in [0.2, 0.25) is 0 Å². The summed E-state index contributed by atoms with van der Waals surface area (Å²) in [4.78, 5) is 68.4. The summed E-state index contributed by atoms with van der Waals surface area (Å²) in [7, 11) is 0. The van der Waals surface area contributed by atoms with E-state index in [2.05, 4.69) is 37.4 Å². The van der Waals surface area contributed by atoms with Crippen molar-refractivity contribution in [2.24, 2.45) is 5.92 Å². The molecule has 0 spiro atoms. The van der Waals surface area contributed by atoms with E-state index in [1.807, 2.05) is 0 Å². The van der Waals surface area contributed by atoms with Crippen LogP contribution >= 0.6 is 0 Å². The van der Waals surface area contributed by atoms with Crippen molar-refractivity contribution in [3.63, 3.8) is 0 Å². The molecule has 1 aromatic heterocycles. The number of carbonyl (C=O) groups is 5. The Labute approximate surface area is 295 Å². The van der Waals surface area contributed by atoms with Crippen molar-refractivity contribution in [3.05, 3.63) is 76.6 Å². The number of carbonyl (C=O) groups excluding carboxylic acids is 5. The molecule has 3 fully saturated rings.